The number of nitrogens with one attached hydrogen (secondary N) is 1. The molecule has 1 aromatic carbocycles. The van der Waals surface area contributed by atoms with E-state index >= 15 is 0 Å². The number of fused-ring (bicyclic) bond motifs is 1. The van der Waals surface area contributed by atoms with Crippen LogP contribution >= 0.6 is 0 Å². The highest BCUT2D eigenvalue weighted by Gasteiger charge is 2.17. The predicted octanol–water partition coefficient (Wildman–Crippen LogP) is 1.54. The van der Waals surface area contributed by atoms with Gasteiger partial charge in [0.15, 0.2) is 0 Å². The zero-order chi connectivity index (χ0) is 14.8. The van der Waals surface area contributed by atoms with Gasteiger partial charge in [-0.3, -0.25) is 20.6 Å². The Morgan fingerprint density at radius 3 is 2.81 bits per heavy atom. The summed E-state index contributed by atoms with van der Waals surface area (Å²) in [6, 6.07) is 8.30. The largest absolute Gasteiger partial charge is 0.275 e. The molecule has 6 nitrogen and oxygen atoms in total. The van der Waals surface area contributed by atoms with Gasteiger partial charge in [0.2, 0.25) is 0 Å². The molecule has 0 aliphatic rings. The Bertz CT molecular complexity index is 742. The van der Waals surface area contributed by atoms with E-state index in [-0.39, 0.29) is 6.04 Å². The normalized spacial score (nSPS) is 12.9. The Morgan fingerprint density at radius 1 is 1.33 bits per heavy atom. The minimum absolute atomic E-state index is 0.00214. The number of hydrogen-bond acceptors (Lipinski definition) is 4. The highest BCUT2D eigenvalue weighted by Crippen LogP contribution is 2.23. The van der Waals surface area contributed by atoms with Gasteiger partial charge in [0.1, 0.15) is 0 Å². The Hall–Kier alpha value is -2.18. The van der Waals surface area contributed by atoms with Crippen LogP contribution in [0.1, 0.15) is 24.2 Å². The molecule has 1 unspecified atom stereocenters. The fourth-order valence-corrected chi connectivity index (χ4v) is 2.67. The highest BCUT2D eigenvalue weighted by molar-refractivity contribution is 5.82. The molecule has 0 aliphatic heterocycles. The molecular weight excluding hydrogens is 264 g/mol. The number of benzene rings is 1. The van der Waals surface area contributed by atoms with Crippen molar-refractivity contribution in [2.75, 3.05) is 0 Å². The molecular formula is C15H20N6. The molecule has 0 saturated heterocycles. The van der Waals surface area contributed by atoms with E-state index in [1.54, 1.807) is 4.68 Å². The number of aryl methyl sites for hydroxylation is 2. The van der Waals surface area contributed by atoms with Crippen LogP contribution in [-0.2, 0) is 20.0 Å². The predicted molar refractivity (Wildman–Crippen MR) is 82.4 cm³/mol. The van der Waals surface area contributed by atoms with Crippen LogP contribution in [0.4, 0.5) is 0 Å². The monoisotopic (exact) mass is 284 g/mol. The maximum atomic E-state index is 5.72. The Morgan fingerprint density at radius 2 is 2.14 bits per heavy atom. The van der Waals surface area contributed by atoms with Crippen LogP contribution in [0, 0.1) is 0 Å². The zero-order valence-corrected chi connectivity index (χ0v) is 12.3. The van der Waals surface area contributed by atoms with Gasteiger partial charge in [0, 0.05) is 37.2 Å². The number of para-hydroxylation sites is 1. The topological polar surface area (TPSA) is 73.7 Å². The molecule has 0 fully saturated rings. The molecule has 3 aromatic rings. The third-order valence-electron chi connectivity index (χ3n) is 3.76. The highest BCUT2D eigenvalue weighted by atomic mass is 15.3. The average molecular weight is 284 g/mol. The number of rotatable bonds is 5. The standard InChI is InChI=1S/C15H20N6/c1-3-21-15-7-5-4-6-12(15)14(19-21)8-13(18-16)11-9-17-20(2)10-11/h4-7,9-10,13,18H,3,8,16H2,1-2H3. The molecule has 6 heteroatoms. The van der Waals surface area contributed by atoms with Crippen LogP contribution in [0.2, 0.25) is 0 Å². The van der Waals surface area contributed by atoms with Gasteiger partial charge >= 0.3 is 0 Å². The summed E-state index contributed by atoms with van der Waals surface area (Å²) in [5.41, 5.74) is 6.15. The summed E-state index contributed by atoms with van der Waals surface area (Å²) in [6.07, 6.45) is 4.54. The summed E-state index contributed by atoms with van der Waals surface area (Å²) in [5.74, 6) is 5.72. The second kappa shape index (κ2) is 5.67. The molecule has 0 saturated carbocycles. The summed E-state index contributed by atoms with van der Waals surface area (Å²) in [6.45, 7) is 2.96. The van der Waals surface area contributed by atoms with Gasteiger partial charge in [-0.2, -0.15) is 10.2 Å². The molecule has 2 heterocycles. The van der Waals surface area contributed by atoms with Crippen LogP contribution in [0.15, 0.2) is 36.7 Å². The minimum Gasteiger partial charge on any atom is -0.275 e. The summed E-state index contributed by atoms with van der Waals surface area (Å²) >= 11 is 0. The molecule has 3 rings (SSSR count). The van der Waals surface area contributed by atoms with E-state index in [1.807, 2.05) is 36.3 Å². The van der Waals surface area contributed by atoms with Crippen molar-refractivity contribution in [3.8, 4) is 0 Å². The van der Waals surface area contributed by atoms with Gasteiger partial charge in [0.25, 0.3) is 0 Å². The number of hydrazine groups is 1. The van der Waals surface area contributed by atoms with E-state index in [0.29, 0.717) is 0 Å². The van der Waals surface area contributed by atoms with Crippen molar-refractivity contribution in [2.45, 2.75) is 25.9 Å². The van der Waals surface area contributed by atoms with E-state index in [2.05, 4.69) is 29.6 Å². The number of nitrogens with two attached hydrogens (primary N) is 1. The average Bonchev–Trinajstić information content (AvgIpc) is 3.09. The van der Waals surface area contributed by atoms with Crippen molar-refractivity contribution in [3.05, 3.63) is 47.9 Å². The number of hydrogen-bond donors (Lipinski definition) is 2. The van der Waals surface area contributed by atoms with Gasteiger partial charge in [-0.15, -0.1) is 0 Å². The van der Waals surface area contributed by atoms with Gasteiger partial charge < -0.3 is 0 Å². The van der Waals surface area contributed by atoms with Crippen LogP contribution in [0.3, 0.4) is 0 Å². The maximum Gasteiger partial charge on any atom is 0.0722 e. The first-order chi connectivity index (χ1) is 10.2. The zero-order valence-electron chi connectivity index (χ0n) is 12.3. The Kier molecular flexibility index (Phi) is 3.72. The Labute approximate surface area is 123 Å². The molecule has 0 radical (unpaired) electrons. The van der Waals surface area contributed by atoms with E-state index < -0.39 is 0 Å². The van der Waals surface area contributed by atoms with Crippen LogP contribution < -0.4 is 11.3 Å². The molecule has 0 amide bonds. The van der Waals surface area contributed by atoms with Gasteiger partial charge in [0.05, 0.1) is 23.4 Å². The first-order valence-electron chi connectivity index (χ1n) is 7.12. The third-order valence-corrected chi connectivity index (χ3v) is 3.76. The maximum absolute atomic E-state index is 5.72. The van der Waals surface area contributed by atoms with Crippen LogP contribution in [-0.4, -0.2) is 19.6 Å². The van der Waals surface area contributed by atoms with E-state index in [1.165, 1.54) is 5.39 Å². The molecule has 0 spiro atoms. The van der Waals surface area contributed by atoms with Crippen molar-refractivity contribution in [3.63, 3.8) is 0 Å². The molecule has 1 atom stereocenters. The van der Waals surface area contributed by atoms with Crippen molar-refractivity contribution in [2.24, 2.45) is 12.9 Å². The first-order valence-corrected chi connectivity index (χ1v) is 7.12. The smallest absolute Gasteiger partial charge is 0.0722 e. The Balaban J connectivity index is 1.97. The lowest BCUT2D eigenvalue weighted by Crippen LogP contribution is -2.29. The van der Waals surface area contributed by atoms with E-state index in [0.717, 1.165) is 29.7 Å². The van der Waals surface area contributed by atoms with Gasteiger partial charge in [-0.25, -0.2) is 0 Å². The molecule has 0 bridgehead atoms. The number of nitrogens with zero attached hydrogens (tertiary/aromatic N) is 4. The quantitative estimate of drug-likeness (QED) is 0.550. The van der Waals surface area contributed by atoms with Gasteiger partial charge in [-0.05, 0) is 13.0 Å². The van der Waals surface area contributed by atoms with E-state index in [9.17, 15) is 0 Å². The molecule has 0 aliphatic carbocycles. The summed E-state index contributed by atoms with van der Waals surface area (Å²) in [4.78, 5) is 0. The summed E-state index contributed by atoms with van der Waals surface area (Å²) < 4.78 is 3.81. The second-order valence-corrected chi connectivity index (χ2v) is 5.15. The SMILES string of the molecule is CCn1nc(CC(NN)c2cnn(C)c2)c2ccccc21. The molecule has 2 aromatic heterocycles. The van der Waals surface area contributed by atoms with Gasteiger partial charge in [-0.1, -0.05) is 18.2 Å². The second-order valence-electron chi connectivity index (χ2n) is 5.15. The summed E-state index contributed by atoms with van der Waals surface area (Å²) in [5, 5.41) is 10.1. The molecule has 21 heavy (non-hydrogen) atoms. The molecule has 110 valence electrons. The van der Waals surface area contributed by atoms with Crippen molar-refractivity contribution in [1.29, 1.82) is 0 Å². The summed E-state index contributed by atoms with van der Waals surface area (Å²) in [7, 11) is 1.90. The number of aromatic nitrogens is 4. The fourth-order valence-electron chi connectivity index (χ4n) is 2.67. The van der Waals surface area contributed by atoms with Crippen molar-refractivity contribution in [1.82, 2.24) is 25.0 Å². The van der Waals surface area contributed by atoms with E-state index in [4.69, 9.17) is 10.9 Å². The van der Waals surface area contributed by atoms with Crippen LogP contribution in [0.5, 0.6) is 0 Å². The lowest BCUT2D eigenvalue weighted by atomic mass is 10.0. The molecule has 3 N–H and O–H groups in total. The lowest BCUT2D eigenvalue weighted by Gasteiger charge is -2.12. The fraction of sp³-hybridized carbons (Fsp3) is 0.333. The minimum atomic E-state index is 0.00214. The van der Waals surface area contributed by atoms with Crippen molar-refractivity contribution < 1.29 is 0 Å². The van der Waals surface area contributed by atoms with Crippen LogP contribution in [0.25, 0.3) is 10.9 Å². The lowest BCUT2D eigenvalue weighted by molar-refractivity contribution is 0.539. The third kappa shape index (κ3) is 2.55. The van der Waals surface area contributed by atoms with Crippen molar-refractivity contribution >= 4 is 10.9 Å². The first kappa shape index (κ1) is 13.8.